The Morgan fingerprint density at radius 3 is 2.94 bits per heavy atom. The van der Waals surface area contributed by atoms with Crippen molar-refractivity contribution in [3.05, 3.63) is 35.6 Å². The Morgan fingerprint density at radius 1 is 1.41 bits per heavy atom. The molecular formula is C12H12ClN3S. The Labute approximate surface area is 109 Å². The van der Waals surface area contributed by atoms with E-state index in [0.717, 1.165) is 10.6 Å². The van der Waals surface area contributed by atoms with Gasteiger partial charge in [-0.25, -0.2) is 9.97 Å². The predicted octanol–water partition coefficient (Wildman–Crippen LogP) is 3.52. The first-order valence-corrected chi connectivity index (χ1v) is 7.12. The van der Waals surface area contributed by atoms with Gasteiger partial charge in [0, 0.05) is 29.3 Å². The lowest BCUT2D eigenvalue weighted by atomic mass is 10.3. The molecule has 3 rings (SSSR count). The predicted molar refractivity (Wildman–Crippen MR) is 70.1 cm³/mol. The molecule has 1 saturated carbocycles. The fourth-order valence-electron chi connectivity index (χ4n) is 1.83. The largest absolute Gasteiger partial charge is 0.305 e. The first-order valence-electron chi connectivity index (χ1n) is 5.51. The van der Waals surface area contributed by atoms with Gasteiger partial charge in [0.05, 0.1) is 17.7 Å². The Bertz CT molecular complexity index is 548. The smallest absolute Gasteiger partial charge is 0.131 e. The highest BCUT2D eigenvalue weighted by molar-refractivity contribution is 7.98. The maximum Gasteiger partial charge on any atom is 0.131 e. The molecule has 1 aliphatic rings. The summed E-state index contributed by atoms with van der Waals surface area (Å²) in [4.78, 5) is 9.66. The van der Waals surface area contributed by atoms with Crippen LogP contribution in [0, 0.1) is 0 Å². The van der Waals surface area contributed by atoms with Crippen LogP contribution in [0.15, 0.2) is 29.7 Å². The SMILES string of the molecule is CSc1cnc(Cl)cc1-n1cnc(C2CC2)c1. The highest BCUT2D eigenvalue weighted by atomic mass is 35.5. The molecule has 88 valence electrons. The molecule has 0 radical (unpaired) electrons. The average molecular weight is 266 g/mol. The molecule has 2 aromatic heterocycles. The van der Waals surface area contributed by atoms with Gasteiger partial charge in [-0.05, 0) is 19.1 Å². The summed E-state index contributed by atoms with van der Waals surface area (Å²) in [5, 5.41) is 0.513. The van der Waals surface area contributed by atoms with E-state index >= 15 is 0 Å². The van der Waals surface area contributed by atoms with E-state index in [4.69, 9.17) is 11.6 Å². The van der Waals surface area contributed by atoms with Crippen molar-refractivity contribution >= 4 is 23.4 Å². The second-order valence-electron chi connectivity index (χ2n) is 4.16. The lowest BCUT2D eigenvalue weighted by Gasteiger charge is -2.07. The minimum Gasteiger partial charge on any atom is -0.305 e. The minimum atomic E-state index is 0.513. The summed E-state index contributed by atoms with van der Waals surface area (Å²) in [6.07, 6.45) is 10.3. The van der Waals surface area contributed by atoms with E-state index in [1.165, 1.54) is 18.5 Å². The van der Waals surface area contributed by atoms with Crippen LogP contribution in [0.1, 0.15) is 24.5 Å². The molecule has 0 spiro atoms. The third-order valence-electron chi connectivity index (χ3n) is 2.91. The van der Waals surface area contributed by atoms with Crippen molar-refractivity contribution in [1.29, 1.82) is 0 Å². The Morgan fingerprint density at radius 2 is 2.24 bits per heavy atom. The minimum absolute atomic E-state index is 0.513. The van der Waals surface area contributed by atoms with Gasteiger partial charge in [-0.2, -0.15) is 0 Å². The summed E-state index contributed by atoms with van der Waals surface area (Å²) in [6, 6.07) is 1.88. The number of halogens is 1. The van der Waals surface area contributed by atoms with E-state index in [2.05, 4.69) is 16.2 Å². The molecule has 0 amide bonds. The number of imidazole rings is 1. The lowest BCUT2D eigenvalue weighted by molar-refractivity contribution is 1.00. The van der Waals surface area contributed by atoms with Crippen molar-refractivity contribution in [3.8, 4) is 5.69 Å². The van der Waals surface area contributed by atoms with Gasteiger partial charge >= 0.3 is 0 Å². The Balaban J connectivity index is 2.03. The van der Waals surface area contributed by atoms with Crippen LogP contribution in [0.4, 0.5) is 0 Å². The van der Waals surface area contributed by atoms with Gasteiger partial charge in [0.15, 0.2) is 0 Å². The van der Waals surface area contributed by atoms with Gasteiger partial charge in [0.25, 0.3) is 0 Å². The average Bonchev–Trinajstić information content (AvgIpc) is 3.07. The van der Waals surface area contributed by atoms with Gasteiger partial charge < -0.3 is 4.57 Å². The first kappa shape index (κ1) is 11.1. The van der Waals surface area contributed by atoms with Gasteiger partial charge in [0.1, 0.15) is 5.15 Å². The monoisotopic (exact) mass is 265 g/mol. The van der Waals surface area contributed by atoms with Gasteiger partial charge in [0.2, 0.25) is 0 Å². The zero-order valence-electron chi connectivity index (χ0n) is 9.43. The summed E-state index contributed by atoms with van der Waals surface area (Å²) < 4.78 is 2.03. The van der Waals surface area contributed by atoms with E-state index in [1.807, 2.05) is 23.2 Å². The molecule has 5 heteroatoms. The number of aromatic nitrogens is 3. The zero-order valence-corrected chi connectivity index (χ0v) is 11.0. The molecule has 3 nitrogen and oxygen atoms in total. The summed E-state index contributed by atoms with van der Waals surface area (Å²) >= 11 is 7.61. The van der Waals surface area contributed by atoms with E-state index in [1.54, 1.807) is 18.0 Å². The van der Waals surface area contributed by atoms with E-state index in [0.29, 0.717) is 11.1 Å². The van der Waals surface area contributed by atoms with Gasteiger partial charge in [-0.1, -0.05) is 11.6 Å². The quantitative estimate of drug-likeness (QED) is 0.628. The highest BCUT2D eigenvalue weighted by Gasteiger charge is 2.26. The third-order valence-corrected chi connectivity index (χ3v) is 3.87. The Kier molecular flexibility index (Phi) is 2.84. The van der Waals surface area contributed by atoms with Crippen LogP contribution in [0.2, 0.25) is 5.15 Å². The molecule has 0 aromatic carbocycles. The van der Waals surface area contributed by atoms with Crippen molar-refractivity contribution < 1.29 is 0 Å². The molecule has 0 aliphatic heterocycles. The second-order valence-corrected chi connectivity index (χ2v) is 5.39. The van der Waals surface area contributed by atoms with Crippen LogP contribution in [0.5, 0.6) is 0 Å². The molecule has 2 aromatic rings. The number of rotatable bonds is 3. The van der Waals surface area contributed by atoms with Crippen LogP contribution >= 0.6 is 23.4 Å². The molecule has 2 heterocycles. The molecule has 1 aliphatic carbocycles. The standard InChI is InChI=1S/C12H12ClN3S/c1-17-11-5-14-12(13)4-10(11)16-6-9(15-7-16)8-2-3-8/h4-8H,2-3H2,1H3. The maximum absolute atomic E-state index is 5.95. The molecule has 0 N–H and O–H groups in total. The summed E-state index contributed by atoms with van der Waals surface area (Å²) in [6.45, 7) is 0. The summed E-state index contributed by atoms with van der Waals surface area (Å²) in [5.41, 5.74) is 2.24. The van der Waals surface area contributed by atoms with Crippen molar-refractivity contribution in [2.24, 2.45) is 0 Å². The number of nitrogens with zero attached hydrogens (tertiary/aromatic N) is 3. The number of thioether (sulfide) groups is 1. The van der Waals surface area contributed by atoms with Crippen LogP contribution in [0.25, 0.3) is 5.69 Å². The topological polar surface area (TPSA) is 30.7 Å². The number of pyridine rings is 1. The summed E-state index contributed by atoms with van der Waals surface area (Å²) in [5.74, 6) is 0.672. The third kappa shape index (κ3) is 2.19. The molecule has 0 bridgehead atoms. The van der Waals surface area contributed by atoms with Crippen LogP contribution in [-0.2, 0) is 0 Å². The van der Waals surface area contributed by atoms with E-state index in [-0.39, 0.29) is 0 Å². The molecular weight excluding hydrogens is 254 g/mol. The van der Waals surface area contributed by atoms with E-state index < -0.39 is 0 Å². The van der Waals surface area contributed by atoms with Gasteiger partial charge in [-0.15, -0.1) is 11.8 Å². The molecule has 0 saturated heterocycles. The first-order chi connectivity index (χ1) is 8.28. The molecule has 0 atom stereocenters. The Hall–Kier alpha value is -1.00. The van der Waals surface area contributed by atoms with Crippen molar-refractivity contribution in [3.63, 3.8) is 0 Å². The fourth-order valence-corrected chi connectivity index (χ4v) is 2.51. The van der Waals surface area contributed by atoms with Crippen molar-refractivity contribution in [2.45, 2.75) is 23.7 Å². The van der Waals surface area contributed by atoms with Gasteiger partial charge in [-0.3, -0.25) is 0 Å². The van der Waals surface area contributed by atoms with Crippen molar-refractivity contribution in [2.75, 3.05) is 6.26 Å². The number of hydrogen-bond donors (Lipinski definition) is 0. The van der Waals surface area contributed by atoms with E-state index in [9.17, 15) is 0 Å². The second kappa shape index (κ2) is 4.35. The normalized spacial score (nSPS) is 15.2. The van der Waals surface area contributed by atoms with Crippen molar-refractivity contribution in [1.82, 2.24) is 14.5 Å². The van der Waals surface area contributed by atoms with Crippen LogP contribution < -0.4 is 0 Å². The zero-order chi connectivity index (χ0) is 11.8. The highest BCUT2D eigenvalue weighted by Crippen LogP contribution is 2.39. The molecule has 17 heavy (non-hydrogen) atoms. The molecule has 0 unspecified atom stereocenters. The fraction of sp³-hybridized carbons (Fsp3) is 0.333. The summed E-state index contributed by atoms with van der Waals surface area (Å²) in [7, 11) is 0. The lowest BCUT2D eigenvalue weighted by Crippen LogP contribution is -1.94. The molecule has 1 fully saturated rings. The number of hydrogen-bond acceptors (Lipinski definition) is 3. The van der Waals surface area contributed by atoms with Crippen LogP contribution in [0.3, 0.4) is 0 Å². The maximum atomic E-state index is 5.95. The van der Waals surface area contributed by atoms with Crippen LogP contribution in [-0.4, -0.2) is 20.8 Å².